The van der Waals surface area contributed by atoms with Crippen LogP contribution in [0.4, 0.5) is 5.69 Å². The minimum Gasteiger partial charge on any atom is -0.493 e. The molecule has 0 aliphatic rings. The number of anilines is 1. The molecule has 0 heterocycles. The summed E-state index contributed by atoms with van der Waals surface area (Å²) in [7, 11) is 0.313. The highest BCUT2D eigenvalue weighted by Gasteiger charge is 2.24. The van der Waals surface area contributed by atoms with Gasteiger partial charge in [-0.05, 0) is 36.4 Å². The first kappa shape index (κ1) is 22.3. The lowest BCUT2D eigenvalue weighted by Crippen LogP contribution is -2.35. The van der Waals surface area contributed by atoms with Gasteiger partial charge in [-0.1, -0.05) is 12.7 Å². The lowest BCUT2D eigenvalue weighted by Gasteiger charge is -2.18. The molecule has 0 spiro atoms. The molecular formula is C20H24N2O6S. The molecule has 0 fully saturated rings. The predicted molar refractivity (Wildman–Crippen MR) is 110 cm³/mol. The number of carbonyl (C=O) groups excluding carboxylic acids is 1. The molecule has 0 aliphatic carbocycles. The first-order chi connectivity index (χ1) is 13.8. The quantitative estimate of drug-likeness (QED) is 0.594. The van der Waals surface area contributed by atoms with Crippen molar-refractivity contribution in [2.24, 2.45) is 0 Å². The summed E-state index contributed by atoms with van der Waals surface area (Å²) in [5, 5.41) is 2.66. The van der Waals surface area contributed by atoms with Crippen molar-refractivity contribution in [1.29, 1.82) is 0 Å². The number of benzene rings is 2. The van der Waals surface area contributed by atoms with Crippen LogP contribution < -0.4 is 19.5 Å². The molecule has 2 aromatic rings. The van der Waals surface area contributed by atoms with E-state index in [1.165, 1.54) is 39.5 Å². The number of hydrogen-bond acceptors (Lipinski definition) is 6. The molecule has 29 heavy (non-hydrogen) atoms. The Balaban J connectivity index is 2.05. The predicted octanol–water partition coefficient (Wildman–Crippen LogP) is 2.53. The van der Waals surface area contributed by atoms with Gasteiger partial charge >= 0.3 is 0 Å². The highest BCUT2D eigenvalue weighted by atomic mass is 32.2. The molecule has 0 bridgehead atoms. The number of nitrogens with one attached hydrogen (secondary N) is 1. The Labute approximate surface area is 170 Å². The Bertz CT molecular complexity index is 957. The van der Waals surface area contributed by atoms with Crippen LogP contribution in [-0.2, 0) is 14.8 Å². The van der Waals surface area contributed by atoms with E-state index in [9.17, 15) is 13.2 Å². The summed E-state index contributed by atoms with van der Waals surface area (Å²) in [5.41, 5.74) is 0.526. The Morgan fingerprint density at radius 1 is 1.10 bits per heavy atom. The lowest BCUT2D eigenvalue weighted by molar-refractivity contribution is -0.116. The maximum atomic E-state index is 12.8. The second-order valence-electron chi connectivity index (χ2n) is 5.95. The van der Waals surface area contributed by atoms with Gasteiger partial charge in [0.2, 0.25) is 15.9 Å². The van der Waals surface area contributed by atoms with E-state index < -0.39 is 15.9 Å². The van der Waals surface area contributed by atoms with E-state index in [4.69, 9.17) is 14.2 Å². The van der Waals surface area contributed by atoms with Crippen LogP contribution in [0.5, 0.6) is 17.2 Å². The summed E-state index contributed by atoms with van der Waals surface area (Å²) in [6, 6.07) is 11.0. The van der Waals surface area contributed by atoms with Gasteiger partial charge in [0.1, 0.15) is 12.4 Å². The number of ether oxygens (including phenoxy) is 3. The van der Waals surface area contributed by atoms with Crippen LogP contribution in [0.25, 0.3) is 0 Å². The van der Waals surface area contributed by atoms with Crippen LogP contribution in [0.2, 0.25) is 0 Å². The first-order valence-electron chi connectivity index (χ1n) is 8.63. The van der Waals surface area contributed by atoms with Gasteiger partial charge in [0, 0.05) is 18.8 Å². The molecule has 0 saturated carbocycles. The third-order valence-electron chi connectivity index (χ3n) is 3.94. The first-order valence-corrected chi connectivity index (χ1v) is 10.1. The van der Waals surface area contributed by atoms with Gasteiger partial charge in [-0.15, -0.1) is 0 Å². The van der Waals surface area contributed by atoms with E-state index >= 15 is 0 Å². The van der Waals surface area contributed by atoms with E-state index in [1.807, 2.05) is 0 Å². The van der Waals surface area contributed by atoms with E-state index in [0.717, 1.165) is 4.31 Å². The van der Waals surface area contributed by atoms with E-state index in [1.54, 1.807) is 30.3 Å². The van der Waals surface area contributed by atoms with Gasteiger partial charge in [0.25, 0.3) is 0 Å². The average molecular weight is 420 g/mol. The molecule has 0 aromatic heterocycles. The smallest absolute Gasteiger partial charge is 0.243 e. The van der Waals surface area contributed by atoms with E-state index in [0.29, 0.717) is 23.8 Å². The summed E-state index contributed by atoms with van der Waals surface area (Å²) < 4.78 is 42.1. The summed E-state index contributed by atoms with van der Waals surface area (Å²) in [5.74, 6) is 0.852. The highest BCUT2D eigenvalue weighted by Crippen LogP contribution is 2.30. The number of rotatable bonds is 10. The molecule has 8 nitrogen and oxygen atoms in total. The summed E-state index contributed by atoms with van der Waals surface area (Å²) in [4.78, 5) is 12.3. The summed E-state index contributed by atoms with van der Waals surface area (Å²) in [6.07, 6.45) is 1.63. The Hall–Kier alpha value is -3.04. The lowest BCUT2D eigenvalue weighted by atomic mass is 10.3. The van der Waals surface area contributed by atoms with Crippen LogP contribution in [0.1, 0.15) is 0 Å². The third-order valence-corrected chi connectivity index (χ3v) is 5.73. The number of amides is 1. The van der Waals surface area contributed by atoms with Gasteiger partial charge in [-0.3, -0.25) is 4.79 Å². The highest BCUT2D eigenvalue weighted by molar-refractivity contribution is 7.89. The fourth-order valence-electron chi connectivity index (χ4n) is 2.43. The van der Waals surface area contributed by atoms with Crippen molar-refractivity contribution >= 4 is 21.6 Å². The second-order valence-corrected chi connectivity index (χ2v) is 7.99. The van der Waals surface area contributed by atoms with Gasteiger partial charge in [-0.25, -0.2) is 8.42 Å². The van der Waals surface area contributed by atoms with Crippen molar-refractivity contribution in [3.8, 4) is 17.2 Å². The Morgan fingerprint density at radius 2 is 1.76 bits per heavy atom. The van der Waals surface area contributed by atoms with Crippen LogP contribution >= 0.6 is 0 Å². The number of methoxy groups -OCH3 is 2. The molecular weight excluding hydrogens is 396 g/mol. The standard InChI is InChI=1S/C20H24N2O6S/c1-5-12-28-16-8-6-15(7-9-16)21-20(23)14-22(2)29(24,25)17-10-11-18(26-3)19(13-17)27-4/h5-11,13H,1,12,14H2,2-4H3,(H,21,23). The van der Waals surface area contributed by atoms with Crippen LogP contribution in [0.15, 0.2) is 60.0 Å². The van der Waals surface area contributed by atoms with Gasteiger partial charge in [0.05, 0.1) is 25.7 Å². The van der Waals surface area contributed by atoms with Crippen molar-refractivity contribution in [1.82, 2.24) is 4.31 Å². The van der Waals surface area contributed by atoms with Gasteiger partial charge < -0.3 is 19.5 Å². The maximum Gasteiger partial charge on any atom is 0.243 e. The number of nitrogens with zero attached hydrogens (tertiary/aromatic N) is 1. The average Bonchev–Trinajstić information content (AvgIpc) is 2.72. The molecule has 1 amide bonds. The molecule has 0 aliphatic heterocycles. The van der Waals surface area contributed by atoms with Crippen molar-refractivity contribution in [3.63, 3.8) is 0 Å². The van der Waals surface area contributed by atoms with Crippen LogP contribution in [-0.4, -0.2) is 53.0 Å². The zero-order valence-electron chi connectivity index (χ0n) is 16.5. The Kier molecular flexibility index (Phi) is 7.63. The maximum absolute atomic E-state index is 12.8. The monoisotopic (exact) mass is 420 g/mol. The van der Waals surface area contributed by atoms with Crippen molar-refractivity contribution in [2.45, 2.75) is 4.90 Å². The fourth-order valence-corrected chi connectivity index (χ4v) is 3.58. The van der Waals surface area contributed by atoms with Crippen molar-refractivity contribution in [3.05, 3.63) is 55.1 Å². The molecule has 0 unspecified atom stereocenters. The number of sulfonamides is 1. The zero-order valence-corrected chi connectivity index (χ0v) is 17.4. The van der Waals surface area contributed by atoms with Gasteiger partial charge in [-0.2, -0.15) is 4.31 Å². The molecule has 1 N–H and O–H groups in total. The minimum absolute atomic E-state index is 0.00540. The molecule has 0 saturated heterocycles. The molecule has 2 aromatic carbocycles. The van der Waals surface area contributed by atoms with Crippen molar-refractivity contribution in [2.75, 3.05) is 39.7 Å². The summed E-state index contributed by atoms with van der Waals surface area (Å²) >= 11 is 0. The molecule has 0 radical (unpaired) electrons. The van der Waals surface area contributed by atoms with Crippen molar-refractivity contribution < 1.29 is 27.4 Å². The SMILES string of the molecule is C=CCOc1ccc(NC(=O)CN(C)S(=O)(=O)c2ccc(OC)c(OC)c2)cc1. The third kappa shape index (κ3) is 5.72. The molecule has 9 heteroatoms. The normalized spacial score (nSPS) is 11.0. The molecule has 0 atom stereocenters. The number of likely N-dealkylation sites (N-methyl/N-ethyl adjacent to an activating group) is 1. The Morgan fingerprint density at radius 3 is 2.34 bits per heavy atom. The molecule has 2 rings (SSSR count). The van der Waals surface area contributed by atoms with Gasteiger partial charge in [0.15, 0.2) is 11.5 Å². The minimum atomic E-state index is -3.89. The van der Waals surface area contributed by atoms with Crippen LogP contribution in [0.3, 0.4) is 0 Å². The second kappa shape index (κ2) is 9.94. The van der Waals surface area contributed by atoms with E-state index in [2.05, 4.69) is 11.9 Å². The molecule has 156 valence electrons. The summed E-state index contributed by atoms with van der Waals surface area (Å²) in [6.45, 7) is 3.59. The number of carbonyl (C=O) groups is 1. The zero-order chi connectivity index (χ0) is 21.4. The fraction of sp³-hybridized carbons (Fsp3) is 0.250. The number of hydrogen-bond donors (Lipinski definition) is 1. The topological polar surface area (TPSA) is 94.2 Å². The van der Waals surface area contributed by atoms with Crippen LogP contribution in [0, 0.1) is 0 Å². The van der Waals surface area contributed by atoms with E-state index in [-0.39, 0.29) is 17.2 Å². The largest absolute Gasteiger partial charge is 0.493 e.